The predicted octanol–water partition coefficient (Wildman–Crippen LogP) is 1.66. The highest BCUT2D eigenvalue weighted by atomic mass is 35.5. The number of carboxylic acids is 1. The molecule has 0 heterocycles. The van der Waals surface area contributed by atoms with E-state index in [1.807, 2.05) is 5.48 Å². The Morgan fingerprint density at radius 2 is 2.27 bits per heavy atom. The van der Waals surface area contributed by atoms with Crippen molar-refractivity contribution in [1.29, 1.82) is 0 Å². The fraction of sp³-hybridized carbons (Fsp3) is 0.222. The van der Waals surface area contributed by atoms with E-state index in [1.165, 1.54) is 4.90 Å². The first-order chi connectivity index (χ1) is 7.04. The summed E-state index contributed by atoms with van der Waals surface area (Å²) in [6, 6.07) is 4.73. The van der Waals surface area contributed by atoms with Crippen LogP contribution in [0.25, 0.3) is 0 Å². The minimum atomic E-state index is -0.957. The first-order valence-corrected chi connectivity index (χ1v) is 4.55. The Hall–Kier alpha value is -1.46. The molecule has 0 saturated heterocycles. The number of benzene rings is 1. The van der Waals surface area contributed by atoms with E-state index in [4.69, 9.17) is 21.9 Å². The molecule has 0 unspecified atom stereocenters. The highest BCUT2D eigenvalue weighted by Gasteiger charge is 2.10. The zero-order chi connectivity index (χ0) is 11.4. The Kier molecular flexibility index (Phi) is 3.76. The molecule has 15 heavy (non-hydrogen) atoms. The smallest absolute Gasteiger partial charge is 0.323 e. The summed E-state index contributed by atoms with van der Waals surface area (Å²) >= 11 is 5.77. The summed E-state index contributed by atoms with van der Waals surface area (Å²) in [6.07, 6.45) is 0. The van der Waals surface area contributed by atoms with Crippen LogP contribution in [0.1, 0.15) is 0 Å². The van der Waals surface area contributed by atoms with Gasteiger partial charge >= 0.3 is 5.97 Å². The summed E-state index contributed by atoms with van der Waals surface area (Å²) in [7, 11) is 1.60. The lowest BCUT2D eigenvalue weighted by Crippen LogP contribution is -2.25. The summed E-state index contributed by atoms with van der Waals surface area (Å²) in [5, 5.41) is 17.9. The largest absolute Gasteiger partial charge is 0.480 e. The molecule has 0 bridgehead atoms. The van der Waals surface area contributed by atoms with Gasteiger partial charge in [0.2, 0.25) is 0 Å². The van der Waals surface area contributed by atoms with Crippen molar-refractivity contribution in [2.75, 3.05) is 24.0 Å². The van der Waals surface area contributed by atoms with Crippen molar-refractivity contribution >= 4 is 28.9 Å². The molecule has 1 rings (SSSR count). The molecule has 0 spiro atoms. The van der Waals surface area contributed by atoms with Crippen LogP contribution in [0.2, 0.25) is 5.02 Å². The molecule has 3 N–H and O–H groups in total. The lowest BCUT2D eigenvalue weighted by molar-refractivity contribution is -0.135. The van der Waals surface area contributed by atoms with Gasteiger partial charge in [-0.1, -0.05) is 11.6 Å². The second-order valence-corrected chi connectivity index (χ2v) is 3.46. The van der Waals surface area contributed by atoms with Crippen LogP contribution in [0, 0.1) is 0 Å². The maximum atomic E-state index is 10.5. The fourth-order valence-corrected chi connectivity index (χ4v) is 1.37. The summed E-state index contributed by atoms with van der Waals surface area (Å²) in [6.45, 7) is -0.172. The number of carboxylic acid groups (broad SMARTS) is 1. The highest BCUT2D eigenvalue weighted by Crippen LogP contribution is 2.27. The summed E-state index contributed by atoms with van der Waals surface area (Å²) in [5.41, 5.74) is 2.91. The van der Waals surface area contributed by atoms with Gasteiger partial charge in [0.05, 0.1) is 11.4 Å². The minimum Gasteiger partial charge on any atom is -0.480 e. The van der Waals surface area contributed by atoms with E-state index in [0.29, 0.717) is 16.4 Å². The number of nitrogens with one attached hydrogen (secondary N) is 1. The molecule has 1 aromatic rings. The number of carbonyl (C=O) groups is 1. The third-order valence-corrected chi connectivity index (χ3v) is 2.10. The normalized spacial score (nSPS) is 9.80. The van der Waals surface area contributed by atoms with Crippen molar-refractivity contribution in [3.8, 4) is 0 Å². The first-order valence-electron chi connectivity index (χ1n) is 4.17. The predicted molar refractivity (Wildman–Crippen MR) is 57.8 cm³/mol. The van der Waals surface area contributed by atoms with Gasteiger partial charge in [-0.3, -0.25) is 15.5 Å². The summed E-state index contributed by atoms with van der Waals surface area (Å²) in [4.78, 5) is 12.0. The zero-order valence-electron chi connectivity index (χ0n) is 8.07. The number of hydrogen-bond acceptors (Lipinski definition) is 4. The van der Waals surface area contributed by atoms with Gasteiger partial charge in [0, 0.05) is 12.1 Å². The highest BCUT2D eigenvalue weighted by molar-refractivity contribution is 6.31. The maximum Gasteiger partial charge on any atom is 0.323 e. The summed E-state index contributed by atoms with van der Waals surface area (Å²) in [5.74, 6) is -0.957. The lowest BCUT2D eigenvalue weighted by Gasteiger charge is -2.19. The molecular weight excluding hydrogens is 220 g/mol. The van der Waals surface area contributed by atoms with Gasteiger partial charge in [-0.15, -0.1) is 0 Å². The second kappa shape index (κ2) is 4.86. The molecule has 1 aromatic carbocycles. The van der Waals surface area contributed by atoms with Crippen LogP contribution in [0.5, 0.6) is 0 Å². The number of hydrogen-bond donors (Lipinski definition) is 3. The van der Waals surface area contributed by atoms with E-state index in [0.717, 1.165) is 0 Å². The number of nitrogens with zero attached hydrogens (tertiary/aromatic N) is 1. The Bertz CT molecular complexity index is 370. The van der Waals surface area contributed by atoms with Crippen LogP contribution in [0.4, 0.5) is 11.4 Å². The van der Waals surface area contributed by atoms with Crippen molar-refractivity contribution in [2.45, 2.75) is 0 Å². The zero-order valence-corrected chi connectivity index (χ0v) is 8.82. The van der Waals surface area contributed by atoms with Crippen molar-refractivity contribution in [3.63, 3.8) is 0 Å². The Labute approximate surface area is 91.8 Å². The Morgan fingerprint density at radius 1 is 1.60 bits per heavy atom. The average Bonchev–Trinajstić information content (AvgIpc) is 2.16. The van der Waals surface area contributed by atoms with Crippen LogP contribution in [0.15, 0.2) is 18.2 Å². The lowest BCUT2D eigenvalue weighted by atomic mass is 10.2. The standard InChI is InChI=1S/C9H11ClN2O3/c1-12(5-9(13)14)8-4-6(10)2-3-7(8)11-15/h2-4,11,15H,5H2,1H3,(H,13,14). The average molecular weight is 231 g/mol. The fourth-order valence-electron chi connectivity index (χ4n) is 1.20. The van der Waals surface area contributed by atoms with E-state index in [1.54, 1.807) is 25.2 Å². The van der Waals surface area contributed by atoms with Gasteiger partial charge < -0.3 is 10.0 Å². The van der Waals surface area contributed by atoms with Crippen LogP contribution < -0.4 is 10.4 Å². The van der Waals surface area contributed by atoms with Crippen molar-refractivity contribution in [3.05, 3.63) is 23.2 Å². The SMILES string of the molecule is CN(CC(=O)O)c1cc(Cl)ccc1NO. The van der Waals surface area contributed by atoms with E-state index in [2.05, 4.69) is 0 Å². The maximum absolute atomic E-state index is 10.5. The molecule has 0 atom stereocenters. The third kappa shape index (κ3) is 3.00. The molecular formula is C9H11ClN2O3. The second-order valence-electron chi connectivity index (χ2n) is 3.02. The number of anilines is 2. The molecule has 0 radical (unpaired) electrons. The number of rotatable bonds is 4. The van der Waals surface area contributed by atoms with Gasteiger partial charge in [0.1, 0.15) is 6.54 Å². The number of aliphatic carboxylic acids is 1. The van der Waals surface area contributed by atoms with Gasteiger partial charge in [-0.05, 0) is 18.2 Å². The Morgan fingerprint density at radius 3 is 2.80 bits per heavy atom. The van der Waals surface area contributed by atoms with Gasteiger partial charge in [-0.25, -0.2) is 0 Å². The van der Waals surface area contributed by atoms with Crippen molar-refractivity contribution in [2.24, 2.45) is 0 Å². The van der Waals surface area contributed by atoms with Gasteiger partial charge in [0.25, 0.3) is 0 Å². The first kappa shape index (κ1) is 11.6. The van der Waals surface area contributed by atoms with Crippen LogP contribution in [0.3, 0.4) is 0 Å². The van der Waals surface area contributed by atoms with Crippen LogP contribution in [-0.2, 0) is 4.79 Å². The van der Waals surface area contributed by atoms with E-state index in [9.17, 15) is 4.79 Å². The van der Waals surface area contributed by atoms with Crippen LogP contribution >= 0.6 is 11.6 Å². The number of likely N-dealkylation sites (N-methyl/N-ethyl adjacent to an activating group) is 1. The molecule has 0 aliphatic rings. The molecule has 0 saturated carbocycles. The molecule has 0 aliphatic heterocycles. The number of halogens is 1. The molecule has 0 aromatic heterocycles. The van der Waals surface area contributed by atoms with Crippen LogP contribution in [-0.4, -0.2) is 29.9 Å². The molecule has 82 valence electrons. The minimum absolute atomic E-state index is 0.172. The third-order valence-electron chi connectivity index (χ3n) is 1.86. The molecule has 5 nitrogen and oxygen atoms in total. The van der Waals surface area contributed by atoms with Gasteiger partial charge in [-0.2, -0.15) is 0 Å². The molecule has 6 heteroatoms. The van der Waals surface area contributed by atoms with Crippen molar-refractivity contribution < 1.29 is 15.1 Å². The molecule has 0 fully saturated rings. The molecule has 0 aliphatic carbocycles. The van der Waals surface area contributed by atoms with Crippen molar-refractivity contribution in [1.82, 2.24) is 0 Å². The summed E-state index contributed by atoms with van der Waals surface area (Å²) < 4.78 is 0. The van der Waals surface area contributed by atoms with E-state index in [-0.39, 0.29) is 6.54 Å². The van der Waals surface area contributed by atoms with E-state index < -0.39 is 5.97 Å². The topological polar surface area (TPSA) is 72.8 Å². The van der Waals surface area contributed by atoms with Gasteiger partial charge in [0.15, 0.2) is 0 Å². The molecule has 0 amide bonds. The Balaban J connectivity index is 2.99. The quantitative estimate of drug-likeness (QED) is 0.686. The monoisotopic (exact) mass is 230 g/mol. The van der Waals surface area contributed by atoms with E-state index >= 15 is 0 Å².